The van der Waals surface area contributed by atoms with Crippen LogP contribution in [0.25, 0.3) is 0 Å². The molecular weight excluding hydrogens is 526 g/mol. The summed E-state index contributed by atoms with van der Waals surface area (Å²) in [5, 5.41) is 0. The van der Waals surface area contributed by atoms with E-state index in [-0.39, 0.29) is 35.8 Å². The molecule has 8 heteroatoms. The zero-order valence-corrected chi connectivity index (χ0v) is 24.2. The van der Waals surface area contributed by atoms with E-state index in [0.29, 0.717) is 33.6 Å². The zero-order chi connectivity index (χ0) is 30.5. The standard InChI is InChI=1S/C32H38F6N2/c1-15(2)22-9-19(10-23(16(3)4)29(22)39)31(32(36,37)38,28-26(34)13-21(33)14-27(28)35)20-11-24(17(5)6)30(40)25(12-20)18(7)8/h9-18H,39-40H2,1-8H3. The summed E-state index contributed by atoms with van der Waals surface area (Å²) in [4.78, 5) is 0. The maximum absolute atomic E-state index is 15.9. The molecule has 3 rings (SSSR count). The Bertz CT molecular complexity index is 1250. The van der Waals surface area contributed by atoms with Gasteiger partial charge < -0.3 is 11.5 Å². The zero-order valence-electron chi connectivity index (χ0n) is 24.2. The largest absolute Gasteiger partial charge is 0.406 e. The van der Waals surface area contributed by atoms with E-state index >= 15 is 22.0 Å². The van der Waals surface area contributed by atoms with Crippen LogP contribution in [0.4, 0.5) is 37.7 Å². The lowest BCUT2D eigenvalue weighted by atomic mass is 9.65. The van der Waals surface area contributed by atoms with Crippen molar-refractivity contribution >= 4 is 11.4 Å². The van der Waals surface area contributed by atoms with Crippen LogP contribution in [-0.2, 0) is 5.41 Å². The molecule has 0 radical (unpaired) electrons. The van der Waals surface area contributed by atoms with E-state index in [1.807, 2.05) is 0 Å². The summed E-state index contributed by atoms with van der Waals surface area (Å²) >= 11 is 0. The average molecular weight is 565 g/mol. The fourth-order valence-electron chi connectivity index (χ4n) is 5.57. The fourth-order valence-corrected chi connectivity index (χ4v) is 5.57. The molecule has 0 aliphatic carbocycles. The summed E-state index contributed by atoms with van der Waals surface area (Å²) in [6.07, 6.45) is -5.27. The van der Waals surface area contributed by atoms with Gasteiger partial charge in [-0.05, 0) is 57.1 Å². The van der Waals surface area contributed by atoms with Crippen molar-refractivity contribution in [1.29, 1.82) is 0 Å². The van der Waals surface area contributed by atoms with E-state index < -0.39 is 45.7 Å². The molecular formula is C32H38F6N2. The van der Waals surface area contributed by atoms with Crippen molar-refractivity contribution in [2.75, 3.05) is 11.5 Å². The Morgan fingerprint density at radius 2 is 0.800 bits per heavy atom. The molecule has 0 aliphatic heterocycles. The number of alkyl halides is 3. The summed E-state index contributed by atoms with van der Waals surface area (Å²) in [6.45, 7) is 14.3. The molecule has 3 aromatic rings. The normalized spacial score (nSPS) is 12.8. The van der Waals surface area contributed by atoms with E-state index in [9.17, 15) is 4.39 Å². The molecule has 0 bridgehead atoms. The first-order chi connectivity index (χ1) is 18.4. The van der Waals surface area contributed by atoms with Crippen LogP contribution < -0.4 is 11.5 Å². The Hall–Kier alpha value is -3.16. The van der Waals surface area contributed by atoms with Crippen molar-refractivity contribution in [2.45, 2.75) is 90.7 Å². The Balaban J connectivity index is 2.76. The molecule has 0 aliphatic rings. The Morgan fingerprint density at radius 1 is 0.525 bits per heavy atom. The second-order valence-corrected chi connectivity index (χ2v) is 11.7. The maximum atomic E-state index is 15.9. The van der Waals surface area contributed by atoms with E-state index in [1.54, 1.807) is 55.4 Å². The van der Waals surface area contributed by atoms with E-state index in [4.69, 9.17) is 11.5 Å². The third-order valence-corrected chi connectivity index (χ3v) is 7.65. The van der Waals surface area contributed by atoms with Gasteiger partial charge in [-0.25, -0.2) is 13.2 Å². The first-order valence-corrected chi connectivity index (χ1v) is 13.4. The molecule has 0 spiro atoms. The van der Waals surface area contributed by atoms with Gasteiger partial charge in [-0.15, -0.1) is 0 Å². The molecule has 0 saturated carbocycles. The number of nitrogen functional groups attached to an aromatic ring is 2. The molecule has 218 valence electrons. The second kappa shape index (κ2) is 11.0. The lowest BCUT2D eigenvalue weighted by Gasteiger charge is -2.40. The van der Waals surface area contributed by atoms with Crippen LogP contribution in [0, 0.1) is 17.5 Å². The van der Waals surface area contributed by atoms with Crippen LogP contribution in [0.2, 0.25) is 0 Å². The minimum atomic E-state index is -5.27. The van der Waals surface area contributed by atoms with Crippen LogP contribution >= 0.6 is 0 Å². The van der Waals surface area contributed by atoms with Crippen LogP contribution in [0.5, 0.6) is 0 Å². The first-order valence-electron chi connectivity index (χ1n) is 13.4. The number of nitrogens with two attached hydrogens (primary N) is 2. The van der Waals surface area contributed by atoms with E-state index in [1.165, 1.54) is 24.3 Å². The monoisotopic (exact) mass is 564 g/mol. The highest BCUT2D eigenvalue weighted by Gasteiger charge is 2.61. The van der Waals surface area contributed by atoms with Gasteiger partial charge in [0.2, 0.25) is 0 Å². The summed E-state index contributed by atoms with van der Waals surface area (Å²) in [5.41, 5.74) is 9.70. The Morgan fingerprint density at radius 3 is 1.02 bits per heavy atom. The van der Waals surface area contributed by atoms with Gasteiger partial charge in [-0.2, -0.15) is 13.2 Å². The van der Waals surface area contributed by atoms with Crippen LogP contribution in [0.15, 0.2) is 36.4 Å². The topological polar surface area (TPSA) is 52.0 Å². The lowest BCUT2D eigenvalue weighted by molar-refractivity contribution is -0.167. The molecule has 0 fully saturated rings. The van der Waals surface area contributed by atoms with Crippen molar-refractivity contribution in [3.63, 3.8) is 0 Å². The maximum Gasteiger partial charge on any atom is 0.406 e. The Labute approximate surface area is 232 Å². The predicted octanol–water partition coefficient (Wildman–Crippen LogP) is 9.66. The van der Waals surface area contributed by atoms with Gasteiger partial charge in [0.05, 0.1) is 0 Å². The van der Waals surface area contributed by atoms with Gasteiger partial charge >= 0.3 is 6.18 Å². The van der Waals surface area contributed by atoms with E-state index in [2.05, 4.69) is 0 Å². The number of hydrogen-bond acceptors (Lipinski definition) is 2. The highest BCUT2D eigenvalue weighted by Crippen LogP contribution is 2.55. The quantitative estimate of drug-likeness (QED) is 0.171. The third-order valence-electron chi connectivity index (χ3n) is 7.65. The highest BCUT2D eigenvalue weighted by atomic mass is 19.4. The second-order valence-electron chi connectivity index (χ2n) is 11.7. The molecule has 0 aromatic heterocycles. The van der Waals surface area contributed by atoms with Gasteiger partial charge in [-0.1, -0.05) is 79.7 Å². The first kappa shape index (κ1) is 31.4. The number of anilines is 2. The van der Waals surface area contributed by atoms with Crippen molar-refractivity contribution in [3.8, 4) is 0 Å². The van der Waals surface area contributed by atoms with Crippen molar-refractivity contribution in [3.05, 3.63) is 92.8 Å². The van der Waals surface area contributed by atoms with Crippen molar-refractivity contribution in [2.24, 2.45) is 0 Å². The molecule has 40 heavy (non-hydrogen) atoms. The molecule has 3 aromatic carbocycles. The lowest BCUT2D eigenvalue weighted by Crippen LogP contribution is -2.46. The molecule has 0 atom stereocenters. The number of rotatable bonds is 7. The molecule has 0 amide bonds. The molecule has 0 heterocycles. The molecule has 4 N–H and O–H groups in total. The summed E-state index contributed by atoms with van der Waals surface area (Å²) < 4.78 is 93.2. The summed E-state index contributed by atoms with van der Waals surface area (Å²) in [7, 11) is 0. The van der Waals surface area contributed by atoms with Gasteiger partial charge in [-0.3, -0.25) is 0 Å². The number of halogens is 6. The summed E-state index contributed by atoms with van der Waals surface area (Å²) in [6, 6.07) is 5.69. The molecule has 0 saturated heterocycles. The van der Waals surface area contributed by atoms with Crippen LogP contribution in [0.1, 0.15) is 118 Å². The minimum absolute atomic E-state index is 0.285. The SMILES string of the molecule is CC(C)c1cc(C(c2cc(C(C)C)c(N)c(C(C)C)c2)(c2c(F)cc(F)cc2F)C(F)(F)F)cc(C(C)C)c1N. The summed E-state index contributed by atoms with van der Waals surface area (Å²) in [5.74, 6) is -5.78. The highest BCUT2D eigenvalue weighted by molar-refractivity contribution is 5.66. The van der Waals surface area contributed by atoms with Crippen molar-refractivity contribution in [1.82, 2.24) is 0 Å². The molecule has 2 nitrogen and oxygen atoms in total. The van der Waals surface area contributed by atoms with Crippen molar-refractivity contribution < 1.29 is 26.3 Å². The van der Waals surface area contributed by atoms with Crippen LogP contribution in [0.3, 0.4) is 0 Å². The number of benzene rings is 3. The van der Waals surface area contributed by atoms with Gasteiger partial charge in [0, 0.05) is 29.1 Å². The average Bonchev–Trinajstić information content (AvgIpc) is 2.80. The third kappa shape index (κ3) is 5.17. The van der Waals surface area contributed by atoms with Gasteiger partial charge in [0.1, 0.15) is 22.9 Å². The molecule has 0 unspecified atom stereocenters. The predicted molar refractivity (Wildman–Crippen MR) is 150 cm³/mol. The van der Waals surface area contributed by atoms with Gasteiger partial charge in [0.25, 0.3) is 0 Å². The van der Waals surface area contributed by atoms with E-state index in [0.717, 1.165) is 0 Å². The van der Waals surface area contributed by atoms with Crippen LogP contribution in [-0.4, -0.2) is 6.18 Å². The Kier molecular flexibility index (Phi) is 8.64. The minimum Gasteiger partial charge on any atom is -0.398 e. The number of hydrogen-bond donors (Lipinski definition) is 2. The fraction of sp³-hybridized carbons (Fsp3) is 0.438. The van der Waals surface area contributed by atoms with Gasteiger partial charge in [0.15, 0.2) is 0 Å². The smallest absolute Gasteiger partial charge is 0.398 e.